The molecule has 1 aromatic heterocycles. The summed E-state index contributed by atoms with van der Waals surface area (Å²) in [6.07, 6.45) is 0.299. The van der Waals surface area contributed by atoms with Gasteiger partial charge in [0, 0.05) is 13.1 Å². The predicted molar refractivity (Wildman–Crippen MR) is 87.7 cm³/mol. The van der Waals surface area contributed by atoms with Crippen LogP contribution >= 0.6 is 0 Å². The molecule has 0 saturated heterocycles. The van der Waals surface area contributed by atoms with Gasteiger partial charge in [-0.2, -0.15) is 0 Å². The summed E-state index contributed by atoms with van der Waals surface area (Å²) < 4.78 is 9.81. The SMILES string of the molecule is COC(=O)c1ccc(NCCCNC(=O)OC(C)(C)C)nc1C. The summed E-state index contributed by atoms with van der Waals surface area (Å²) in [4.78, 5) is 27.2. The van der Waals surface area contributed by atoms with Crippen molar-refractivity contribution < 1.29 is 19.1 Å². The monoisotopic (exact) mass is 323 g/mol. The molecule has 1 amide bonds. The number of anilines is 1. The maximum atomic E-state index is 11.5. The lowest BCUT2D eigenvalue weighted by Gasteiger charge is -2.19. The number of ether oxygens (including phenoxy) is 2. The first-order chi connectivity index (χ1) is 10.7. The van der Waals surface area contributed by atoms with Gasteiger partial charge in [0.2, 0.25) is 0 Å². The van der Waals surface area contributed by atoms with Crippen molar-refractivity contribution in [2.24, 2.45) is 0 Å². The second kappa shape index (κ2) is 8.36. The van der Waals surface area contributed by atoms with E-state index in [1.54, 1.807) is 19.1 Å². The minimum Gasteiger partial charge on any atom is -0.465 e. The van der Waals surface area contributed by atoms with Crippen LogP contribution in [0.15, 0.2) is 12.1 Å². The van der Waals surface area contributed by atoms with Crippen LogP contribution in [0.4, 0.5) is 10.6 Å². The third kappa shape index (κ3) is 6.99. The minimum atomic E-state index is -0.495. The van der Waals surface area contributed by atoms with Crippen LogP contribution in [0.1, 0.15) is 43.2 Å². The van der Waals surface area contributed by atoms with Gasteiger partial charge >= 0.3 is 12.1 Å². The lowest BCUT2D eigenvalue weighted by molar-refractivity contribution is 0.0526. The highest BCUT2D eigenvalue weighted by Gasteiger charge is 2.15. The molecule has 1 aromatic rings. The van der Waals surface area contributed by atoms with Gasteiger partial charge in [-0.25, -0.2) is 14.6 Å². The first-order valence-electron chi connectivity index (χ1n) is 7.49. The Bertz CT molecular complexity index is 553. The molecule has 0 atom stereocenters. The molecule has 128 valence electrons. The number of pyridine rings is 1. The summed E-state index contributed by atoms with van der Waals surface area (Å²) in [5.74, 6) is 0.274. The quantitative estimate of drug-likeness (QED) is 0.617. The first-order valence-corrected chi connectivity index (χ1v) is 7.49. The number of alkyl carbamates (subject to hydrolysis) is 1. The van der Waals surface area contributed by atoms with E-state index in [1.807, 2.05) is 20.8 Å². The van der Waals surface area contributed by atoms with Crippen molar-refractivity contribution in [2.75, 3.05) is 25.5 Å². The highest BCUT2D eigenvalue weighted by atomic mass is 16.6. The third-order valence-electron chi connectivity index (χ3n) is 2.82. The minimum absolute atomic E-state index is 0.400. The van der Waals surface area contributed by atoms with Crippen molar-refractivity contribution in [1.82, 2.24) is 10.3 Å². The lowest BCUT2D eigenvalue weighted by Crippen LogP contribution is -2.33. The fourth-order valence-corrected chi connectivity index (χ4v) is 1.79. The van der Waals surface area contributed by atoms with Crippen molar-refractivity contribution in [3.8, 4) is 0 Å². The summed E-state index contributed by atoms with van der Waals surface area (Å²) >= 11 is 0. The van der Waals surface area contributed by atoms with Crippen LogP contribution < -0.4 is 10.6 Å². The maximum absolute atomic E-state index is 11.5. The molecule has 0 spiro atoms. The Morgan fingerprint density at radius 1 is 1.22 bits per heavy atom. The number of rotatable bonds is 6. The highest BCUT2D eigenvalue weighted by molar-refractivity contribution is 5.90. The van der Waals surface area contributed by atoms with Crippen LogP contribution in [0.25, 0.3) is 0 Å². The van der Waals surface area contributed by atoms with Gasteiger partial charge in [-0.3, -0.25) is 0 Å². The van der Waals surface area contributed by atoms with Crippen LogP contribution in [-0.4, -0.2) is 42.8 Å². The summed E-state index contributed by atoms with van der Waals surface area (Å²) in [6, 6.07) is 3.40. The fraction of sp³-hybridized carbons (Fsp3) is 0.562. The van der Waals surface area contributed by atoms with Crippen LogP contribution in [0, 0.1) is 6.92 Å². The summed E-state index contributed by atoms with van der Waals surface area (Å²) in [7, 11) is 1.34. The molecule has 2 N–H and O–H groups in total. The molecule has 0 aliphatic carbocycles. The van der Waals surface area contributed by atoms with E-state index in [9.17, 15) is 9.59 Å². The Balaban J connectivity index is 2.33. The molecule has 0 aliphatic heterocycles. The summed E-state index contributed by atoms with van der Waals surface area (Å²) in [5.41, 5.74) is 0.559. The number of hydrogen-bond acceptors (Lipinski definition) is 6. The van der Waals surface area contributed by atoms with Gasteiger partial charge in [-0.05, 0) is 46.2 Å². The average Bonchev–Trinajstić information content (AvgIpc) is 2.44. The molecule has 0 saturated carbocycles. The number of esters is 1. The van der Waals surface area contributed by atoms with E-state index >= 15 is 0 Å². The number of aryl methyl sites for hydroxylation is 1. The molecule has 0 unspecified atom stereocenters. The van der Waals surface area contributed by atoms with E-state index in [2.05, 4.69) is 20.4 Å². The molecule has 0 bridgehead atoms. The molecule has 0 radical (unpaired) electrons. The smallest absolute Gasteiger partial charge is 0.407 e. The Hall–Kier alpha value is -2.31. The first kappa shape index (κ1) is 18.7. The topological polar surface area (TPSA) is 89.6 Å². The van der Waals surface area contributed by atoms with Crippen molar-refractivity contribution >= 4 is 17.9 Å². The second-order valence-corrected chi connectivity index (χ2v) is 6.03. The molecule has 0 aliphatic rings. The fourth-order valence-electron chi connectivity index (χ4n) is 1.79. The molecule has 1 heterocycles. The van der Waals surface area contributed by atoms with Crippen molar-refractivity contribution in [1.29, 1.82) is 0 Å². The number of aromatic nitrogens is 1. The zero-order chi connectivity index (χ0) is 17.5. The molecule has 0 aromatic carbocycles. The number of carbonyl (C=O) groups is 2. The molecule has 7 nitrogen and oxygen atoms in total. The number of nitrogens with one attached hydrogen (secondary N) is 2. The lowest BCUT2D eigenvalue weighted by atomic mass is 10.2. The largest absolute Gasteiger partial charge is 0.465 e. The zero-order valence-corrected chi connectivity index (χ0v) is 14.4. The van der Waals surface area contributed by atoms with Crippen LogP contribution in [-0.2, 0) is 9.47 Å². The second-order valence-electron chi connectivity index (χ2n) is 6.03. The molecule has 7 heteroatoms. The van der Waals surface area contributed by atoms with Gasteiger partial charge in [-0.1, -0.05) is 0 Å². The van der Waals surface area contributed by atoms with Crippen molar-refractivity contribution in [3.63, 3.8) is 0 Å². The van der Waals surface area contributed by atoms with Crippen LogP contribution in [0.5, 0.6) is 0 Å². The van der Waals surface area contributed by atoms with Gasteiger partial charge in [-0.15, -0.1) is 0 Å². The molecular formula is C16H25N3O4. The standard InChI is InChI=1S/C16H25N3O4/c1-11-12(14(20)22-5)7-8-13(19-11)17-9-6-10-18-15(21)23-16(2,3)4/h7-8H,6,9-10H2,1-5H3,(H,17,19)(H,18,21). The number of hydrogen-bond donors (Lipinski definition) is 2. The van der Waals surface area contributed by atoms with Crippen LogP contribution in [0.2, 0.25) is 0 Å². The van der Waals surface area contributed by atoms with Gasteiger partial charge in [0.1, 0.15) is 11.4 Å². The number of methoxy groups -OCH3 is 1. The van der Waals surface area contributed by atoms with Gasteiger partial charge in [0.25, 0.3) is 0 Å². The summed E-state index contributed by atoms with van der Waals surface area (Å²) in [6.45, 7) is 8.35. The Kier molecular flexibility index (Phi) is 6.81. The molecule has 23 heavy (non-hydrogen) atoms. The van der Waals surface area contributed by atoms with E-state index in [0.717, 1.165) is 6.42 Å². The number of carbonyl (C=O) groups excluding carboxylic acids is 2. The van der Waals surface area contributed by atoms with Gasteiger partial charge in [0.15, 0.2) is 0 Å². The predicted octanol–water partition coefficient (Wildman–Crippen LogP) is 2.50. The Morgan fingerprint density at radius 2 is 1.91 bits per heavy atom. The van der Waals surface area contributed by atoms with Crippen LogP contribution in [0.3, 0.4) is 0 Å². The molecule has 0 fully saturated rings. The highest BCUT2D eigenvalue weighted by Crippen LogP contribution is 2.11. The van der Waals surface area contributed by atoms with E-state index in [1.165, 1.54) is 7.11 Å². The normalized spacial score (nSPS) is 10.8. The average molecular weight is 323 g/mol. The van der Waals surface area contributed by atoms with E-state index < -0.39 is 17.7 Å². The Morgan fingerprint density at radius 3 is 2.48 bits per heavy atom. The third-order valence-corrected chi connectivity index (χ3v) is 2.82. The molecule has 1 rings (SSSR count). The van der Waals surface area contributed by atoms with Crippen molar-refractivity contribution in [2.45, 2.75) is 39.7 Å². The number of amides is 1. The Labute approximate surface area is 136 Å². The van der Waals surface area contributed by atoms with E-state index in [4.69, 9.17) is 4.74 Å². The number of nitrogens with zero attached hydrogens (tertiary/aromatic N) is 1. The molecular weight excluding hydrogens is 298 g/mol. The van der Waals surface area contributed by atoms with E-state index in [-0.39, 0.29) is 0 Å². The van der Waals surface area contributed by atoms with Gasteiger partial charge < -0.3 is 20.1 Å². The van der Waals surface area contributed by atoms with E-state index in [0.29, 0.717) is 30.2 Å². The summed E-state index contributed by atoms with van der Waals surface area (Å²) in [5, 5.41) is 5.82. The van der Waals surface area contributed by atoms with Gasteiger partial charge in [0.05, 0.1) is 18.4 Å². The maximum Gasteiger partial charge on any atom is 0.407 e. The zero-order valence-electron chi connectivity index (χ0n) is 14.4. The van der Waals surface area contributed by atoms with Crippen molar-refractivity contribution in [3.05, 3.63) is 23.4 Å².